The summed E-state index contributed by atoms with van der Waals surface area (Å²) in [6, 6.07) is 6.64. The predicted octanol–water partition coefficient (Wildman–Crippen LogP) is 2.74. The van der Waals surface area contributed by atoms with Crippen molar-refractivity contribution >= 4 is 17.7 Å². The van der Waals surface area contributed by atoms with Crippen LogP contribution in [0.3, 0.4) is 0 Å². The molecule has 5 nitrogen and oxygen atoms in total. The lowest BCUT2D eigenvalue weighted by Gasteiger charge is -2.25. The molecule has 0 bridgehead atoms. The molecule has 19 heavy (non-hydrogen) atoms. The minimum atomic E-state index is -0.469. The van der Waals surface area contributed by atoms with Crippen molar-refractivity contribution in [3.63, 3.8) is 0 Å². The van der Waals surface area contributed by atoms with Gasteiger partial charge in [-0.3, -0.25) is 0 Å². The summed E-state index contributed by atoms with van der Waals surface area (Å²) in [7, 11) is 1.31. The van der Waals surface area contributed by atoms with E-state index >= 15 is 0 Å². The quantitative estimate of drug-likeness (QED) is 0.851. The molecular weight excluding hydrogens is 244 g/mol. The molecule has 0 saturated carbocycles. The lowest BCUT2D eigenvalue weighted by molar-refractivity contribution is 0.0602. The van der Waals surface area contributed by atoms with Crippen molar-refractivity contribution in [3.8, 4) is 0 Å². The number of methoxy groups -OCH3 is 1. The van der Waals surface area contributed by atoms with E-state index in [4.69, 9.17) is 0 Å². The Hall–Kier alpha value is -2.04. The fourth-order valence-corrected chi connectivity index (χ4v) is 1.81. The van der Waals surface area contributed by atoms with Crippen LogP contribution in [0, 0.1) is 0 Å². The van der Waals surface area contributed by atoms with Gasteiger partial charge in [-0.1, -0.05) is 12.1 Å². The molecule has 1 aromatic rings. The molecule has 1 rings (SSSR count). The number of carbonyl (C=O) groups is 2. The van der Waals surface area contributed by atoms with Crippen molar-refractivity contribution in [2.45, 2.75) is 26.8 Å². The van der Waals surface area contributed by atoms with Gasteiger partial charge in [0.25, 0.3) is 0 Å². The standard InChI is InChI=1S/C14H20N2O3/c1-5-16(10(2)3)14(18)15-12-9-7-6-8-11(12)13(17)19-4/h6-10H,5H2,1-4H3,(H,15,18). The Morgan fingerprint density at radius 1 is 1.32 bits per heavy atom. The number of amides is 2. The lowest BCUT2D eigenvalue weighted by atomic mass is 10.2. The smallest absolute Gasteiger partial charge is 0.339 e. The summed E-state index contributed by atoms with van der Waals surface area (Å²) in [4.78, 5) is 25.4. The number of hydrogen-bond acceptors (Lipinski definition) is 3. The second-order valence-electron chi connectivity index (χ2n) is 4.35. The monoisotopic (exact) mass is 264 g/mol. The Kier molecular flexibility index (Phi) is 5.36. The van der Waals surface area contributed by atoms with Crippen LogP contribution in [0.2, 0.25) is 0 Å². The Morgan fingerprint density at radius 3 is 2.47 bits per heavy atom. The summed E-state index contributed by atoms with van der Waals surface area (Å²) < 4.78 is 4.69. The van der Waals surface area contributed by atoms with Gasteiger partial charge < -0.3 is 15.0 Å². The van der Waals surface area contributed by atoms with Crippen LogP contribution in [0.5, 0.6) is 0 Å². The van der Waals surface area contributed by atoms with Gasteiger partial charge in [0.1, 0.15) is 0 Å². The summed E-state index contributed by atoms with van der Waals surface area (Å²) >= 11 is 0. The molecule has 1 aromatic carbocycles. The van der Waals surface area contributed by atoms with Crippen molar-refractivity contribution in [2.24, 2.45) is 0 Å². The van der Waals surface area contributed by atoms with E-state index in [1.165, 1.54) is 7.11 Å². The van der Waals surface area contributed by atoms with Crippen molar-refractivity contribution in [1.29, 1.82) is 0 Å². The van der Waals surface area contributed by atoms with Gasteiger partial charge in [-0.15, -0.1) is 0 Å². The van der Waals surface area contributed by atoms with Crippen LogP contribution >= 0.6 is 0 Å². The lowest BCUT2D eigenvalue weighted by Crippen LogP contribution is -2.40. The van der Waals surface area contributed by atoms with Crippen LogP contribution in [0.25, 0.3) is 0 Å². The molecule has 0 spiro atoms. The summed E-state index contributed by atoms with van der Waals surface area (Å²) in [5.41, 5.74) is 0.802. The molecule has 0 fully saturated rings. The summed E-state index contributed by atoms with van der Waals surface area (Å²) in [5, 5.41) is 2.74. The van der Waals surface area contributed by atoms with E-state index in [0.717, 1.165) is 0 Å². The average Bonchev–Trinajstić information content (AvgIpc) is 2.38. The number of esters is 1. The SMILES string of the molecule is CCN(C(=O)Nc1ccccc1C(=O)OC)C(C)C. The van der Waals surface area contributed by atoms with Crippen molar-refractivity contribution in [3.05, 3.63) is 29.8 Å². The van der Waals surface area contributed by atoms with Crippen LogP contribution in [0.15, 0.2) is 24.3 Å². The zero-order valence-electron chi connectivity index (χ0n) is 11.8. The third-order valence-electron chi connectivity index (χ3n) is 2.80. The average molecular weight is 264 g/mol. The molecule has 104 valence electrons. The number of nitrogens with zero attached hydrogens (tertiary/aromatic N) is 1. The number of para-hydroxylation sites is 1. The molecule has 0 aliphatic rings. The summed E-state index contributed by atoms with van der Waals surface area (Å²) in [6.45, 7) is 6.39. The maximum atomic E-state index is 12.1. The Balaban J connectivity index is 2.93. The second kappa shape index (κ2) is 6.78. The number of urea groups is 1. The molecule has 0 atom stereocenters. The largest absolute Gasteiger partial charge is 0.465 e. The van der Waals surface area contributed by atoms with Gasteiger partial charge in [0.15, 0.2) is 0 Å². The zero-order valence-corrected chi connectivity index (χ0v) is 11.8. The molecule has 0 aliphatic heterocycles. The van der Waals surface area contributed by atoms with Gasteiger partial charge in [0, 0.05) is 12.6 Å². The molecule has 0 saturated heterocycles. The minimum absolute atomic E-state index is 0.0929. The number of ether oxygens (including phenoxy) is 1. The van der Waals surface area contributed by atoms with Crippen LogP contribution in [0.4, 0.5) is 10.5 Å². The number of hydrogen-bond donors (Lipinski definition) is 1. The highest BCUT2D eigenvalue weighted by molar-refractivity contribution is 6.00. The molecule has 0 radical (unpaired) electrons. The van der Waals surface area contributed by atoms with E-state index in [-0.39, 0.29) is 12.1 Å². The van der Waals surface area contributed by atoms with E-state index in [1.54, 1.807) is 29.2 Å². The van der Waals surface area contributed by atoms with Gasteiger partial charge in [-0.25, -0.2) is 9.59 Å². The fraction of sp³-hybridized carbons (Fsp3) is 0.429. The van der Waals surface area contributed by atoms with Crippen molar-refractivity contribution < 1.29 is 14.3 Å². The van der Waals surface area contributed by atoms with Gasteiger partial charge >= 0.3 is 12.0 Å². The maximum Gasteiger partial charge on any atom is 0.339 e. The van der Waals surface area contributed by atoms with Crippen LogP contribution in [-0.2, 0) is 4.74 Å². The first-order valence-electron chi connectivity index (χ1n) is 6.26. The maximum absolute atomic E-state index is 12.1. The number of nitrogens with one attached hydrogen (secondary N) is 1. The highest BCUT2D eigenvalue weighted by Crippen LogP contribution is 2.17. The van der Waals surface area contributed by atoms with Gasteiger partial charge in [-0.05, 0) is 32.9 Å². The van der Waals surface area contributed by atoms with Crippen molar-refractivity contribution in [1.82, 2.24) is 4.90 Å². The van der Waals surface area contributed by atoms with E-state index < -0.39 is 5.97 Å². The number of benzene rings is 1. The predicted molar refractivity (Wildman–Crippen MR) is 74.3 cm³/mol. The molecule has 5 heteroatoms. The first-order valence-corrected chi connectivity index (χ1v) is 6.26. The zero-order chi connectivity index (χ0) is 14.4. The Labute approximate surface area is 113 Å². The first kappa shape index (κ1) is 15.0. The van der Waals surface area contributed by atoms with Gasteiger partial charge in [0.05, 0.1) is 18.4 Å². The summed E-state index contributed by atoms with van der Waals surface area (Å²) in [5.74, 6) is -0.469. The van der Waals surface area contributed by atoms with Crippen LogP contribution in [-0.4, -0.2) is 36.6 Å². The fourth-order valence-electron chi connectivity index (χ4n) is 1.81. The molecule has 0 aromatic heterocycles. The number of carbonyl (C=O) groups excluding carboxylic acids is 2. The topological polar surface area (TPSA) is 58.6 Å². The first-order chi connectivity index (χ1) is 9.01. The molecule has 0 unspecified atom stereocenters. The Bertz CT molecular complexity index is 458. The normalized spacial score (nSPS) is 10.2. The van der Waals surface area contributed by atoms with Gasteiger partial charge in [-0.2, -0.15) is 0 Å². The molecule has 2 amide bonds. The van der Waals surface area contributed by atoms with Crippen LogP contribution < -0.4 is 5.32 Å². The summed E-state index contributed by atoms with van der Waals surface area (Å²) in [6.07, 6.45) is 0. The van der Waals surface area contributed by atoms with Crippen LogP contribution in [0.1, 0.15) is 31.1 Å². The van der Waals surface area contributed by atoms with E-state index in [0.29, 0.717) is 17.8 Å². The van der Waals surface area contributed by atoms with E-state index in [1.807, 2.05) is 20.8 Å². The van der Waals surface area contributed by atoms with Gasteiger partial charge in [0.2, 0.25) is 0 Å². The number of anilines is 1. The molecular formula is C14H20N2O3. The molecule has 0 aliphatic carbocycles. The van der Waals surface area contributed by atoms with E-state index in [9.17, 15) is 9.59 Å². The van der Waals surface area contributed by atoms with Crippen molar-refractivity contribution in [2.75, 3.05) is 19.0 Å². The van der Waals surface area contributed by atoms with E-state index in [2.05, 4.69) is 10.1 Å². The highest BCUT2D eigenvalue weighted by atomic mass is 16.5. The third kappa shape index (κ3) is 3.71. The minimum Gasteiger partial charge on any atom is -0.465 e. The Morgan fingerprint density at radius 2 is 1.95 bits per heavy atom. The third-order valence-corrected chi connectivity index (χ3v) is 2.80. The second-order valence-corrected chi connectivity index (χ2v) is 4.35. The molecule has 1 N–H and O–H groups in total. The highest BCUT2D eigenvalue weighted by Gasteiger charge is 2.18. The molecule has 0 heterocycles. The number of rotatable bonds is 4.